The highest BCUT2D eigenvalue weighted by atomic mass is 19.1. The van der Waals surface area contributed by atoms with Crippen LogP contribution in [-0.2, 0) is 4.79 Å². The molecule has 1 N–H and O–H groups in total. The van der Waals surface area contributed by atoms with E-state index in [1.54, 1.807) is 12.1 Å². The molecule has 3 nitrogen and oxygen atoms in total. The molecule has 1 aliphatic carbocycles. The first-order chi connectivity index (χ1) is 10.4. The third-order valence-electron chi connectivity index (χ3n) is 4.56. The summed E-state index contributed by atoms with van der Waals surface area (Å²) >= 11 is 0. The Kier molecular flexibility index (Phi) is 5.33. The van der Waals surface area contributed by atoms with E-state index in [-0.39, 0.29) is 17.6 Å². The van der Waals surface area contributed by atoms with Crippen molar-refractivity contribution < 1.29 is 9.18 Å². The van der Waals surface area contributed by atoms with Crippen molar-refractivity contribution in [3.8, 4) is 0 Å². The zero-order valence-electron chi connectivity index (χ0n) is 13.6. The molecule has 1 fully saturated rings. The van der Waals surface area contributed by atoms with E-state index in [0.29, 0.717) is 16.9 Å². The fourth-order valence-corrected chi connectivity index (χ4v) is 3.07. The van der Waals surface area contributed by atoms with Crippen LogP contribution in [0.5, 0.6) is 0 Å². The molecule has 0 radical (unpaired) electrons. The van der Waals surface area contributed by atoms with Crippen molar-refractivity contribution in [3.05, 3.63) is 35.6 Å². The number of nitrogens with one attached hydrogen (secondary N) is 1. The summed E-state index contributed by atoms with van der Waals surface area (Å²) in [6.07, 6.45) is 5.50. The summed E-state index contributed by atoms with van der Waals surface area (Å²) < 4.78 is 13.0. The van der Waals surface area contributed by atoms with Crippen molar-refractivity contribution in [3.63, 3.8) is 0 Å². The molecule has 0 aromatic heterocycles. The number of benzene rings is 1. The number of hydrazone groups is 1. The quantitative estimate of drug-likeness (QED) is 0.662. The standard InChI is InChI=1S/C18H25FN2O/c1-18(2,3)15-9-7-14(8-10-15)17(22)21-20-12-13-5-4-6-16(19)11-13/h4-6,11-12,14-15H,7-10H2,1-3H3,(H,21,22)/b20-12+. The molecule has 0 bridgehead atoms. The van der Waals surface area contributed by atoms with Crippen LogP contribution in [0.25, 0.3) is 0 Å². The first-order valence-corrected chi connectivity index (χ1v) is 7.95. The molecular weight excluding hydrogens is 279 g/mol. The lowest BCUT2D eigenvalue weighted by molar-refractivity contribution is -0.126. The zero-order chi connectivity index (χ0) is 16.2. The van der Waals surface area contributed by atoms with Crippen LogP contribution in [0, 0.1) is 23.1 Å². The molecule has 1 aromatic carbocycles. The van der Waals surface area contributed by atoms with Gasteiger partial charge < -0.3 is 0 Å². The Balaban J connectivity index is 1.81. The number of halogens is 1. The maximum atomic E-state index is 13.0. The molecule has 1 aliphatic rings. The molecular formula is C18H25FN2O. The fourth-order valence-electron chi connectivity index (χ4n) is 3.07. The third kappa shape index (κ3) is 4.65. The topological polar surface area (TPSA) is 41.5 Å². The Bertz CT molecular complexity index is 540. The Labute approximate surface area is 132 Å². The summed E-state index contributed by atoms with van der Waals surface area (Å²) in [5.74, 6) is 0.395. The highest BCUT2D eigenvalue weighted by Gasteiger charge is 2.32. The number of nitrogens with zero attached hydrogens (tertiary/aromatic N) is 1. The predicted molar refractivity (Wildman–Crippen MR) is 87.0 cm³/mol. The minimum Gasteiger partial charge on any atom is -0.273 e. The van der Waals surface area contributed by atoms with E-state index in [2.05, 4.69) is 31.3 Å². The molecule has 1 aromatic rings. The molecule has 4 heteroatoms. The van der Waals surface area contributed by atoms with Crippen molar-refractivity contribution in [2.24, 2.45) is 22.4 Å². The lowest BCUT2D eigenvalue weighted by atomic mass is 9.70. The molecule has 0 heterocycles. The second-order valence-corrected chi connectivity index (χ2v) is 7.20. The van der Waals surface area contributed by atoms with Gasteiger partial charge in [0.05, 0.1) is 6.21 Å². The number of carbonyl (C=O) groups is 1. The molecule has 1 saturated carbocycles. The molecule has 0 unspecified atom stereocenters. The average Bonchev–Trinajstić information content (AvgIpc) is 2.46. The summed E-state index contributed by atoms with van der Waals surface area (Å²) in [6.45, 7) is 6.80. The van der Waals surface area contributed by atoms with Crippen LogP contribution in [0.2, 0.25) is 0 Å². The molecule has 2 rings (SSSR count). The number of hydrogen-bond donors (Lipinski definition) is 1. The molecule has 0 spiro atoms. The van der Waals surface area contributed by atoms with Crippen molar-refractivity contribution in [2.45, 2.75) is 46.5 Å². The summed E-state index contributed by atoms with van der Waals surface area (Å²) in [5.41, 5.74) is 3.53. The molecule has 0 aliphatic heterocycles. The summed E-state index contributed by atoms with van der Waals surface area (Å²) in [7, 11) is 0. The maximum absolute atomic E-state index is 13.0. The Morgan fingerprint density at radius 2 is 1.95 bits per heavy atom. The maximum Gasteiger partial charge on any atom is 0.243 e. The van der Waals surface area contributed by atoms with Crippen LogP contribution in [-0.4, -0.2) is 12.1 Å². The van der Waals surface area contributed by atoms with E-state index in [9.17, 15) is 9.18 Å². The van der Waals surface area contributed by atoms with Gasteiger partial charge in [0.2, 0.25) is 5.91 Å². The largest absolute Gasteiger partial charge is 0.273 e. The lowest BCUT2D eigenvalue weighted by Gasteiger charge is -2.36. The molecule has 0 saturated heterocycles. The van der Waals surface area contributed by atoms with Gasteiger partial charge in [-0.3, -0.25) is 4.79 Å². The Morgan fingerprint density at radius 3 is 2.55 bits per heavy atom. The van der Waals surface area contributed by atoms with E-state index in [4.69, 9.17) is 0 Å². The van der Waals surface area contributed by atoms with Crippen LogP contribution in [0.4, 0.5) is 4.39 Å². The molecule has 120 valence electrons. The molecule has 1 amide bonds. The van der Waals surface area contributed by atoms with Crippen LogP contribution in [0.1, 0.15) is 52.0 Å². The Morgan fingerprint density at radius 1 is 1.27 bits per heavy atom. The summed E-state index contributed by atoms with van der Waals surface area (Å²) in [6, 6.07) is 6.12. The molecule has 22 heavy (non-hydrogen) atoms. The van der Waals surface area contributed by atoms with Gasteiger partial charge in [0.15, 0.2) is 0 Å². The smallest absolute Gasteiger partial charge is 0.243 e. The highest BCUT2D eigenvalue weighted by Crippen LogP contribution is 2.39. The van der Waals surface area contributed by atoms with Gasteiger partial charge >= 0.3 is 0 Å². The lowest BCUT2D eigenvalue weighted by Crippen LogP contribution is -2.33. The SMILES string of the molecule is CC(C)(C)C1CCC(C(=O)N/N=C/c2cccc(F)c2)CC1. The van der Waals surface area contributed by atoms with Gasteiger partial charge in [-0.25, -0.2) is 9.82 Å². The number of hydrogen-bond acceptors (Lipinski definition) is 2. The van der Waals surface area contributed by atoms with E-state index < -0.39 is 0 Å². The highest BCUT2D eigenvalue weighted by molar-refractivity contribution is 5.83. The van der Waals surface area contributed by atoms with Gasteiger partial charge in [-0.15, -0.1) is 0 Å². The van der Waals surface area contributed by atoms with Gasteiger partial charge in [-0.2, -0.15) is 5.10 Å². The van der Waals surface area contributed by atoms with Crippen LogP contribution in [0.15, 0.2) is 29.4 Å². The zero-order valence-corrected chi connectivity index (χ0v) is 13.6. The minimum absolute atomic E-state index is 0.0278. The number of carbonyl (C=O) groups excluding carboxylic acids is 1. The van der Waals surface area contributed by atoms with Crippen molar-refractivity contribution in [1.29, 1.82) is 0 Å². The van der Waals surface area contributed by atoms with Crippen LogP contribution < -0.4 is 5.43 Å². The van der Waals surface area contributed by atoms with Crippen LogP contribution in [0.3, 0.4) is 0 Å². The van der Waals surface area contributed by atoms with Gasteiger partial charge in [0, 0.05) is 5.92 Å². The van der Waals surface area contributed by atoms with Crippen molar-refractivity contribution in [1.82, 2.24) is 5.43 Å². The van der Waals surface area contributed by atoms with E-state index in [0.717, 1.165) is 25.7 Å². The fraction of sp³-hybridized carbons (Fsp3) is 0.556. The van der Waals surface area contributed by atoms with Crippen molar-refractivity contribution >= 4 is 12.1 Å². The third-order valence-corrected chi connectivity index (χ3v) is 4.56. The van der Waals surface area contributed by atoms with E-state index >= 15 is 0 Å². The van der Waals surface area contributed by atoms with Gasteiger partial charge in [0.1, 0.15) is 5.82 Å². The summed E-state index contributed by atoms with van der Waals surface area (Å²) in [4.78, 5) is 12.1. The molecule has 0 atom stereocenters. The van der Waals surface area contributed by atoms with E-state index in [1.165, 1.54) is 18.3 Å². The summed E-state index contributed by atoms with van der Waals surface area (Å²) in [5, 5.41) is 3.93. The first-order valence-electron chi connectivity index (χ1n) is 7.95. The minimum atomic E-state index is -0.309. The van der Waals surface area contributed by atoms with E-state index in [1.807, 2.05) is 0 Å². The van der Waals surface area contributed by atoms with Gasteiger partial charge in [0.25, 0.3) is 0 Å². The second kappa shape index (κ2) is 7.03. The monoisotopic (exact) mass is 304 g/mol. The van der Waals surface area contributed by atoms with Crippen molar-refractivity contribution in [2.75, 3.05) is 0 Å². The average molecular weight is 304 g/mol. The van der Waals surface area contributed by atoms with Crippen LogP contribution >= 0.6 is 0 Å². The normalized spacial score (nSPS) is 22.7. The first kappa shape index (κ1) is 16.7. The number of rotatable bonds is 3. The predicted octanol–water partition coefficient (Wildman–Crippen LogP) is 4.13. The van der Waals surface area contributed by atoms with Gasteiger partial charge in [-0.05, 0) is 54.7 Å². The second-order valence-electron chi connectivity index (χ2n) is 7.20. The Hall–Kier alpha value is -1.71. The number of amides is 1. The van der Waals surface area contributed by atoms with Gasteiger partial charge in [-0.1, -0.05) is 32.9 Å².